The van der Waals surface area contributed by atoms with Crippen molar-refractivity contribution in [1.29, 1.82) is 0 Å². The van der Waals surface area contributed by atoms with E-state index in [2.05, 4.69) is 19.2 Å². The van der Waals surface area contributed by atoms with E-state index in [9.17, 15) is 19.5 Å². The van der Waals surface area contributed by atoms with Crippen molar-refractivity contribution in [2.24, 2.45) is 11.7 Å². The van der Waals surface area contributed by atoms with Crippen molar-refractivity contribution in [3.8, 4) is 11.1 Å². The molecular weight excluding hydrogens is 494 g/mol. The summed E-state index contributed by atoms with van der Waals surface area (Å²) in [5, 5.41) is 12.5. The number of anilines is 1. The fourth-order valence-electron chi connectivity index (χ4n) is 4.51. The van der Waals surface area contributed by atoms with E-state index in [0.29, 0.717) is 17.3 Å². The van der Waals surface area contributed by atoms with Crippen LogP contribution in [0.25, 0.3) is 11.1 Å². The van der Waals surface area contributed by atoms with Crippen LogP contribution in [0, 0.1) is 19.8 Å². The molecule has 3 rings (SSSR count). The highest BCUT2D eigenvalue weighted by molar-refractivity contribution is 5.98. The third-order valence-corrected chi connectivity index (χ3v) is 6.65. The van der Waals surface area contributed by atoms with E-state index in [4.69, 9.17) is 10.7 Å². The molecule has 2 aromatic rings. The standard InChI is InChI=1S/C27H37N5O4.ClH/c1-16(2)13-21-20(14-28)23(19-9-7-17(3)8-10-19)24(18(4)29-21)30-26(36)31-11-12-32(22(33)15-31)27(5,6)25(34)35;/h7-10,16H,11-15,28H2,1-6H3,(H,30,36)(H,34,35);1H. The average molecular weight is 532 g/mol. The van der Waals surface area contributed by atoms with Gasteiger partial charge in [0.25, 0.3) is 0 Å². The van der Waals surface area contributed by atoms with E-state index in [-0.39, 0.29) is 38.6 Å². The highest BCUT2D eigenvalue weighted by Gasteiger charge is 2.41. The van der Waals surface area contributed by atoms with Crippen LogP contribution in [0.1, 0.15) is 50.2 Å². The maximum Gasteiger partial charge on any atom is 0.329 e. The normalized spacial score (nSPS) is 14.0. The minimum atomic E-state index is -1.35. The first-order chi connectivity index (χ1) is 16.9. The van der Waals surface area contributed by atoms with Crippen molar-refractivity contribution >= 4 is 36.0 Å². The highest BCUT2D eigenvalue weighted by atomic mass is 35.5. The molecule has 10 heteroatoms. The minimum Gasteiger partial charge on any atom is -0.480 e. The van der Waals surface area contributed by atoms with Crippen LogP contribution in [0.5, 0.6) is 0 Å². The van der Waals surface area contributed by atoms with Crippen molar-refractivity contribution in [1.82, 2.24) is 14.8 Å². The second-order valence-electron chi connectivity index (χ2n) is 10.3. The van der Waals surface area contributed by atoms with Gasteiger partial charge in [-0.1, -0.05) is 43.7 Å². The number of carboxylic acids is 1. The molecule has 9 nitrogen and oxygen atoms in total. The molecule has 0 bridgehead atoms. The summed E-state index contributed by atoms with van der Waals surface area (Å²) >= 11 is 0. The van der Waals surface area contributed by atoms with Crippen LogP contribution < -0.4 is 11.1 Å². The molecule has 1 saturated heterocycles. The van der Waals surface area contributed by atoms with Crippen molar-refractivity contribution < 1.29 is 19.5 Å². The lowest BCUT2D eigenvalue weighted by molar-refractivity contribution is -0.159. The molecule has 0 spiro atoms. The van der Waals surface area contributed by atoms with Gasteiger partial charge in [0.05, 0.1) is 11.4 Å². The van der Waals surface area contributed by atoms with E-state index in [0.717, 1.165) is 34.4 Å². The number of carbonyl (C=O) groups is 3. The van der Waals surface area contributed by atoms with Gasteiger partial charge in [-0.2, -0.15) is 0 Å². The number of carboxylic acid groups (broad SMARTS) is 1. The number of benzene rings is 1. The fourth-order valence-corrected chi connectivity index (χ4v) is 4.51. The van der Waals surface area contributed by atoms with Gasteiger partial charge in [-0.05, 0) is 51.2 Å². The predicted molar refractivity (Wildman–Crippen MR) is 147 cm³/mol. The van der Waals surface area contributed by atoms with Gasteiger partial charge in [-0.25, -0.2) is 9.59 Å². The van der Waals surface area contributed by atoms with Gasteiger partial charge >= 0.3 is 12.0 Å². The molecule has 4 N–H and O–H groups in total. The summed E-state index contributed by atoms with van der Waals surface area (Å²) in [5.74, 6) is -1.12. The zero-order valence-corrected chi connectivity index (χ0v) is 23.2. The Bertz CT molecular complexity index is 1160. The number of pyridine rings is 1. The molecule has 1 aliphatic rings. The summed E-state index contributed by atoms with van der Waals surface area (Å²) in [7, 11) is 0. The lowest BCUT2D eigenvalue weighted by Crippen LogP contribution is -2.62. The molecular formula is C27H38ClN5O4. The second kappa shape index (κ2) is 11.9. The summed E-state index contributed by atoms with van der Waals surface area (Å²) in [4.78, 5) is 45.2. The Morgan fingerprint density at radius 1 is 1.16 bits per heavy atom. The molecule has 37 heavy (non-hydrogen) atoms. The predicted octanol–water partition coefficient (Wildman–Crippen LogP) is 3.98. The third kappa shape index (κ3) is 6.40. The van der Waals surface area contributed by atoms with Crippen molar-refractivity contribution in [2.45, 2.75) is 60.0 Å². The fraction of sp³-hybridized carbons (Fsp3) is 0.481. The van der Waals surface area contributed by atoms with E-state index in [1.54, 1.807) is 0 Å². The van der Waals surface area contributed by atoms with Crippen molar-refractivity contribution in [3.63, 3.8) is 0 Å². The Balaban J connectivity index is 0.00000481. The van der Waals surface area contributed by atoms with Crippen LogP contribution in [0.3, 0.4) is 0 Å². The van der Waals surface area contributed by atoms with Gasteiger partial charge < -0.3 is 26.0 Å². The molecule has 202 valence electrons. The largest absolute Gasteiger partial charge is 0.480 e. The number of amides is 3. The number of hydrogen-bond acceptors (Lipinski definition) is 5. The summed E-state index contributed by atoms with van der Waals surface area (Å²) in [6.07, 6.45) is 0.760. The summed E-state index contributed by atoms with van der Waals surface area (Å²) in [5.41, 5.74) is 10.8. The maximum absolute atomic E-state index is 13.3. The summed E-state index contributed by atoms with van der Waals surface area (Å²) in [6, 6.07) is 7.61. The number of carbonyl (C=O) groups excluding carboxylic acids is 2. The first-order valence-electron chi connectivity index (χ1n) is 12.3. The van der Waals surface area contributed by atoms with Crippen LogP contribution >= 0.6 is 12.4 Å². The van der Waals surface area contributed by atoms with E-state index >= 15 is 0 Å². The number of nitrogens with one attached hydrogen (secondary N) is 1. The maximum atomic E-state index is 13.3. The molecule has 1 aliphatic heterocycles. The molecule has 0 atom stereocenters. The average Bonchev–Trinajstić information content (AvgIpc) is 2.80. The van der Waals surface area contributed by atoms with Gasteiger partial charge in [-0.15, -0.1) is 12.4 Å². The van der Waals surface area contributed by atoms with E-state index < -0.39 is 23.4 Å². The van der Waals surface area contributed by atoms with E-state index in [1.807, 2.05) is 38.1 Å². The Kier molecular flexibility index (Phi) is 9.68. The summed E-state index contributed by atoms with van der Waals surface area (Å²) < 4.78 is 0. The van der Waals surface area contributed by atoms with Crippen molar-refractivity contribution in [2.75, 3.05) is 25.0 Å². The van der Waals surface area contributed by atoms with Gasteiger partial charge in [0.15, 0.2) is 0 Å². The van der Waals surface area contributed by atoms with Crippen LogP contribution in [0.4, 0.5) is 10.5 Å². The third-order valence-electron chi connectivity index (χ3n) is 6.65. The number of nitrogens with two attached hydrogens (primary N) is 1. The molecule has 0 saturated carbocycles. The van der Waals surface area contributed by atoms with Gasteiger partial charge in [0.1, 0.15) is 12.1 Å². The zero-order valence-electron chi connectivity index (χ0n) is 22.4. The molecule has 1 aromatic carbocycles. The Morgan fingerprint density at radius 3 is 2.30 bits per heavy atom. The molecule has 2 heterocycles. The van der Waals surface area contributed by atoms with Crippen LogP contribution in [0.2, 0.25) is 0 Å². The lowest BCUT2D eigenvalue weighted by Gasteiger charge is -2.41. The Morgan fingerprint density at radius 2 is 1.78 bits per heavy atom. The van der Waals surface area contributed by atoms with Gasteiger partial charge in [-0.3, -0.25) is 9.78 Å². The van der Waals surface area contributed by atoms with E-state index in [1.165, 1.54) is 23.6 Å². The number of aryl methyl sites for hydroxylation is 2. The van der Waals surface area contributed by atoms with Crippen LogP contribution in [-0.2, 0) is 22.6 Å². The smallest absolute Gasteiger partial charge is 0.329 e. The number of aliphatic carboxylic acids is 1. The van der Waals surface area contributed by atoms with Crippen LogP contribution in [-0.4, -0.2) is 63.0 Å². The molecule has 0 radical (unpaired) electrons. The lowest BCUT2D eigenvalue weighted by atomic mass is 9.92. The molecule has 0 unspecified atom stereocenters. The number of rotatable bonds is 7. The Labute approximate surface area is 224 Å². The zero-order chi connectivity index (χ0) is 26.8. The number of piperazine rings is 1. The Hall–Kier alpha value is -3.17. The SMILES string of the molecule is Cc1ccc(-c2c(CN)c(CC(C)C)nc(C)c2NC(=O)N2CCN(C(C)(C)C(=O)O)C(=O)C2)cc1.Cl. The topological polar surface area (TPSA) is 129 Å². The molecule has 0 aliphatic carbocycles. The first-order valence-corrected chi connectivity index (χ1v) is 12.3. The van der Waals surface area contributed by atoms with Crippen LogP contribution in [0.15, 0.2) is 24.3 Å². The monoisotopic (exact) mass is 531 g/mol. The number of halogens is 1. The van der Waals surface area contributed by atoms with Gasteiger partial charge in [0, 0.05) is 30.9 Å². The summed E-state index contributed by atoms with van der Waals surface area (Å²) in [6.45, 7) is 11.5. The van der Waals surface area contributed by atoms with Crippen molar-refractivity contribution in [3.05, 3.63) is 46.8 Å². The first kappa shape index (κ1) is 30.1. The molecule has 1 aromatic heterocycles. The second-order valence-corrected chi connectivity index (χ2v) is 10.3. The number of urea groups is 1. The molecule has 1 fully saturated rings. The number of hydrogen-bond donors (Lipinski definition) is 3. The minimum absolute atomic E-state index is 0. The van der Waals surface area contributed by atoms with Gasteiger partial charge in [0.2, 0.25) is 5.91 Å². The highest BCUT2D eigenvalue weighted by Crippen LogP contribution is 2.36. The molecule has 3 amide bonds. The number of aromatic nitrogens is 1. The number of nitrogens with zero attached hydrogens (tertiary/aromatic N) is 3. The quantitative estimate of drug-likeness (QED) is 0.495.